The van der Waals surface area contributed by atoms with Crippen LogP contribution in [0.1, 0.15) is 41.8 Å². The van der Waals surface area contributed by atoms with E-state index in [-0.39, 0.29) is 0 Å². The molecule has 0 aliphatic heterocycles. The molecule has 2 aromatic rings. The summed E-state index contributed by atoms with van der Waals surface area (Å²) in [5, 5.41) is 16.2. The summed E-state index contributed by atoms with van der Waals surface area (Å²) < 4.78 is 0. The first-order chi connectivity index (χ1) is 10.1. The van der Waals surface area contributed by atoms with Gasteiger partial charge < -0.3 is 11.1 Å². The van der Waals surface area contributed by atoms with Crippen LogP contribution < -0.4 is 11.1 Å². The Morgan fingerprint density at radius 3 is 2.57 bits per heavy atom. The molecule has 6 heteroatoms. The molecule has 0 aliphatic rings. The molecule has 0 spiro atoms. The summed E-state index contributed by atoms with van der Waals surface area (Å²) in [6, 6.07) is 0. The standard InChI is InChI=1S/C15H20N4S2/c1-4-11-12(5-2)18-19-15(13(11)14(16)20)17-6-10-8-21-7-9(10)3/h7-8H,4-6H2,1-3H3,(H2,16,20)(H,17,19). The summed E-state index contributed by atoms with van der Waals surface area (Å²) in [4.78, 5) is 0.376. The highest BCUT2D eigenvalue weighted by atomic mass is 32.1. The van der Waals surface area contributed by atoms with E-state index in [1.54, 1.807) is 11.3 Å². The van der Waals surface area contributed by atoms with Gasteiger partial charge in [0.05, 0.1) is 11.3 Å². The minimum absolute atomic E-state index is 0.376. The molecule has 2 aromatic heterocycles. The zero-order valence-corrected chi connectivity index (χ0v) is 14.2. The summed E-state index contributed by atoms with van der Waals surface area (Å²) in [5.74, 6) is 0.683. The Morgan fingerprint density at radius 1 is 1.29 bits per heavy atom. The van der Waals surface area contributed by atoms with E-state index in [1.165, 1.54) is 11.1 Å². The topological polar surface area (TPSA) is 63.8 Å². The highest BCUT2D eigenvalue weighted by Gasteiger charge is 2.16. The number of aromatic nitrogens is 2. The van der Waals surface area contributed by atoms with Crippen molar-refractivity contribution in [2.75, 3.05) is 5.32 Å². The molecule has 0 amide bonds. The molecule has 3 N–H and O–H groups in total. The first-order valence-electron chi connectivity index (χ1n) is 7.02. The third kappa shape index (κ3) is 3.39. The van der Waals surface area contributed by atoms with E-state index in [0.29, 0.717) is 17.4 Å². The van der Waals surface area contributed by atoms with Crippen molar-refractivity contribution in [1.82, 2.24) is 10.2 Å². The van der Waals surface area contributed by atoms with Crippen LogP contribution in [-0.2, 0) is 19.4 Å². The molecule has 0 fully saturated rings. The number of thiophene rings is 1. The van der Waals surface area contributed by atoms with Crippen LogP contribution in [0.4, 0.5) is 5.82 Å². The number of nitrogens with zero attached hydrogens (tertiary/aromatic N) is 2. The van der Waals surface area contributed by atoms with E-state index in [1.807, 2.05) is 0 Å². The highest BCUT2D eigenvalue weighted by Crippen LogP contribution is 2.22. The monoisotopic (exact) mass is 320 g/mol. The van der Waals surface area contributed by atoms with Crippen LogP contribution in [0.3, 0.4) is 0 Å². The van der Waals surface area contributed by atoms with Crippen LogP contribution in [0, 0.1) is 6.92 Å². The maximum atomic E-state index is 5.92. The van der Waals surface area contributed by atoms with E-state index >= 15 is 0 Å². The van der Waals surface area contributed by atoms with Gasteiger partial charge in [-0.25, -0.2) is 0 Å². The smallest absolute Gasteiger partial charge is 0.159 e. The third-order valence-electron chi connectivity index (χ3n) is 3.50. The number of rotatable bonds is 6. The van der Waals surface area contributed by atoms with Gasteiger partial charge in [0.25, 0.3) is 0 Å². The van der Waals surface area contributed by atoms with E-state index in [4.69, 9.17) is 18.0 Å². The van der Waals surface area contributed by atoms with Crippen LogP contribution >= 0.6 is 23.6 Å². The minimum atomic E-state index is 0.376. The SMILES string of the molecule is CCc1nnc(NCc2cscc2C)c(C(N)=S)c1CC. The Morgan fingerprint density at radius 2 is 2.05 bits per heavy atom. The van der Waals surface area contributed by atoms with Crippen molar-refractivity contribution >= 4 is 34.4 Å². The molecule has 0 bridgehead atoms. The summed E-state index contributed by atoms with van der Waals surface area (Å²) in [7, 11) is 0. The molecule has 0 unspecified atom stereocenters. The van der Waals surface area contributed by atoms with Gasteiger partial charge in [0.15, 0.2) is 5.82 Å². The lowest BCUT2D eigenvalue weighted by Crippen LogP contribution is -2.19. The molecular weight excluding hydrogens is 300 g/mol. The summed E-state index contributed by atoms with van der Waals surface area (Å²) in [6.07, 6.45) is 1.67. The quantitative estimate of drug-likeness (QED) is 0.800. The Labute approximate surface area is 134 Å². The van der Waals surface area contributed by atoms with Crippen LogP contribution in [0.5, 0.6) is 0 Å². The van der Waals surface area contributed by atoms with Crippen molar-refractivity contribution in [2.45, 2.75) is 40.2 Å². The first kappa shape index (κ1) is 15.9. The van der Waals surface area contributed by atoms with Gasteiger partial charge in [-0.2, -0.15) is 16.4 Å². The third-order valence-corrected chi connectivity index (χ3v) is 4.61. The lowest BCUT2D eigenvalue weighted by Gasteiger charge is -2.15. The van der Waals surface area contributed by atoms with Crippen LogP contribution in [0.25, 0.3) is 0 Å². The Kier molecular flexibility index (Phi) is 5.25. The fourth-order valence-corrected chi connectivity index (χ4v) is 3.39. The molecule has 2 rings (SSSR count). The molecule has 0 atom stereocenters. The second kappa shape index (κ2) is 6.95. The van der Waals surface area contributed by atoms with Crippen molar-refractivity contribution in [3.63, 3.8) is 0 Å². The number of hydrogen-bond donors (Lipinski definition) is 2. The van der Waals surface area contributed by atoms with Crippen molar-refractivity contribution in [3.8, 4) is 0 Å². The van der Waals surface area contributed by atoms with Crippen LogP contribution in [0.15, 0.2) is 10.8 Å². The number of aryl methyl sites for hydroxylation is 2. The molecule has 0 aliphatic carbocycles. The number of nitrogens with one attached hydrogen (secondary N) is 1. The number of thiocarbonyl (C=S) groups is 1. The summed E-state index contributed by atoms with van der Waals surface area (Å²) in [5.41, 5.74) is 11.4. The van der Waals surface area contributed by atoms with Gasteiger partial charge in [-0.1, -0.05) is 26.1 Å². The number of anilines is 1. The lowest BCUT2D eigenvalue weighted by molar-refractivity contribution is 0.871. The van der Waals surface area contributed by atoms with Crippen molar-refractivity contribution in [2.24, 2.45) is 5.73 Å². The van der Waals surface area contributed by atoms with Crippen molar-refractivity contribution < 1.29 is 0 Å². The number of nitrogens with two attached hydrogens (primary N) is 1. The van der Waals surface area contributed by atoms with E-state index in [0.717, 1.165) is 29.7 Å². The molecule has 2 heterocycles. The first-order valence-corrected chi connectivity index (χ1v) is 8.37. The molecule has 0 saturated heterocycles. The zero-order chi connectivity index (χ0) is 15.4. The summed E-state index contributed by atoms with van der Waals surface area (Å²) in [6.45, 7) is 6.96. The van der Waals surface area contributed by atoms with Gasteiger partial charge in [0, 0.05) is 6.54 Å². The van der Waals surface area contributed by atoms with Gasteiger partial charge in [-0.3, -0.25) is 0 Å². The van der Waals surface area contributed by atoms with Gasteiger partial charge in [0.2, 0.25) is 0 Å². The highest BCUT2D eigenvalue weighted by molar-refractivity contribution is 7.80. The predicted octanol–water partition coefficient (Wildman–Crippen LogP) is 3.22. The lowest BCUT2D eigenvalue weighted by atomic mass is 10.0. The number of hydrogen-bond acceptors (Lipinski definition) is 5. The fourth-order valence-electron chi connectivity index (χ4n) is 2.31. The van der Waals surface area contributed by atoms with Crippen LogP contribution in [-0.4, -0.2) is 15.2 Å². The van der Waals surface area contributed by atoms with Crippen molar-refractivity contribution in [1.29, 1.82) is 0 Å². The normalized spacial score (nSPS) is 10.6. The molecule has 4 nitrogen and oxygen atoms in total. The molecule has 0 radical (unpaired) electrons. The summed E-state index contributed by atoms with van der Waals surface area (Å²) >= 11 is 6.92. The molecule has 21 heavy (non-hydrogen) atoms. The predicted molar refractivity (Wildman–Crippen MR) is 93.1 cm³/mol. The Balaban J connectivity index is 2.34. The Hall–Kier alpha value is -1.53. The van der Waals surface area contributed by atoms with E-state index in [2.05, 4.69) is 47.0 Å². The van der Waals surface area contributed by atoms with Gasteiger partial charge in [-0.05, 0) is 47.2 Å². The Bertz CT molecular complexity index is 649. The largest absolute Gasteiger partial charge is 0.389 e. The zero-order valence-electron chi connectivity index (χ0n) is 12.6. The van der Waals surface area contributed by atoms with Gasteiger partial charge in [-0.15, -0.1) is 5.10 Å². The average Bonchev–Trinajstić information content (AvgIpc) is 2.88. The van der Waals surface area contributed by atoms with Crippen molar-refractivity contribution in [3.05, 3.63) is 38.7 Å². The molecule has 0 aromatic carbocycles. The van der Waals surface area contributed by atoms with E-state index < -0.39 is 0 Å². The minimum Gasteiger partial charge on any atom is -0.389 e. The maximum Gasteiger partial charge on any atom is 0.159 e. The van der Waals surface area contributed by atoms with Crippen LogP contribution in [0.2, 0.25) is 0 Å². The molecular formula is C15H20N4S2. The van der Waals surface area contributed by atoms with Gasteiger partial charge >= 0.3 is 0 Å². The molecule has 0 saturated carbocycles. The van der Waals surface area contributed by atoms with Gasteiger partial charge in [0.1, 0.15) is 4.99 Å². The second-order valence-electron chi connectivity index (χ2n) is 4.85. The maximum absolute atomic E-state index is 5.92. The average molecular weight is 320 g/mol. The molecule has 112 valence electrons. The second-order valence-corrected chi connectivity index (χ2v) is 6.04. The fraction of sp³-hybridized carbons (Fsp3) is 0.400. The van der Waals surface area contributed by atoms with E-state index in [9.17, 15) is 0 Å².